The molecule has 2 aromatic rings. The highest BCUT2D eigenvalue weighted by Crippen LogP contribution is 2.20. The number of aromatic nitrogens is 3. The van der Waals surface area contributed by atoms with Crippen molar-refractivity contribution in [2.45, 2.75) is 31.9 Å². The molecule has 11 nitrogen and oxygen atoms in total. The van der Waals surface area contributed by atoms with Crippen molar-refractivity contribution in [1.82, 2.24) is 15.0 Å². The molecule has 1 aromatic carbocycles. The number of nitrogens with two attached hydrogens (primary N) is 1. The summed E-state index contributed by atoms with van der Waals surface area (Å²) in [6.45, 7) is 1.92. The van der Waals surface area contributed by atoms with Crippen LogP contribution in [0, 0.1) is 0 Å². The quantitative estimate of drug-likeness (QED) is 0.193. The Kier molecular flexibility index (Phi) is 13.4. The lowest BCUT2D eigenvalue weighted by atomic mass is 10.2. The second kappa shape index (κ2) is 16.5. The van der Waals surface area contributed by atoms with Gasteiger partial charge in [-0.25, -0.2) is 4.79 Å². The van der Waals surface area contributed by atoms with E-state index < -0.39 is 24.8 Å². The van der Waals surface area contributed by atoms with Gasteiger partial charge in [-0.2, -0.15) is 28.1 Å². The van der Waals surface area contributed by atoms with Crippen LogP contribution in [0.5, 0.6) is 6.01 Å². The Balaban J connectivity index is 1.85. The summed E-state index contributed by atoms with van der Waals surface area (Å²) in [6.07, 6.45) is -1.31. The van der Waals surface area contributed by atoms with Crippen molar-refractivity contribution >= 4 is 23.6 Å². The fourth-order valence-electron chi connectivity index (χ4n) is 2.81. The Morgan fingerprint density at radius 3 is 2.16 bits per heavy atom. The molecule has 206 valence electrons. The molecule has 0 aliphatic rings. The number of anilines is 3. The molecule has 4 N–H and O–H groups in total. The van der Waals surface area contributed by atoms with Gasteiger partial charge in [-0.1, -0.05) is 0 Å². The molecule has 1 heterocycles. The third-order valence-corrected chi connectivity index (χ3v) is 4.61. The highest BCUT2D eigenvalue weighted by molar-refractivity contribution is 5.89. The van der Waals surface area contributed by atoms with Gasteiger partial charge in [-0.05, 0) is 56.5 Å². The number of methoxy groups -OCH3 is 1. The van der Waals surface area contributed by atoms with Crippen LogP contribution in [-0.2, 0) is 14.2 Å². The first-order valence-corrected chi connectivity index (χ1v) is 11.8. The van der Waals surface area contributed by atoms with E-state index in [2.05, 4.69) is 30.3 Å². The summed E-state index contributed by atoms with van der Waals surface area (Å²) >= 11 is 0. The van der Waals surface area contributed by atoms with E-state index in [1.807, 2.05) is 0 Å². The molecule has 37 heavy (non-hydrogen) atoms. The van der Waals surface area contributed by atoms with Crippen LogP contribution < -0.4 is 21.1 Å². The Bertz CT molecular complexity index is 934. The van der Waals surface area contributed by atoms with Crippen molar-refractivity contribution < 1.29 is 36.9 Å². The zero-order valence-corrected chi connectivity index (χ0v) is 20.7. The predicted octanol–water partition coefficient (Wildman–Crippen LogP) is 3.31. The summed E-state index contributed by atoms with van der Waals surface area (Å²) in [7, 11) is 1.27. The van der Waals surface area contributed by atoms with Crippen LogP contribution >= 0.6 is 0 Å². The lowest BCUT2D eigenvalue weighted by Crippen LogP contribution is -2.21. The van der Waals surface area contributed by atoms with Crippen LogP contribution in [0.4, 0.5) is 30.8 Å². The van der Waals surface area contributed by atoms with Crippen molar-refractivity contribution in [2.75, 3.05) is 63.9 Å². The summed E-state index contributed by atoms with van der Waals surface area (Å²) in [5.74, 6) is -0.502. The third kappa shape index (κ3) is 13.0. The van der Waals surface area contributed by atoms with Gasteiger partial charge in [0.1, 0.15) is 0 Å². The van der Waals surface area contributed by atoms with Crippen LogP contribution in [0.2, 0.25) is 0 Å². The monoisotopic (exact) mass is 530 g/mol. The van der Waals surface area contributed by atoms with Crippen molar-refractivity contribution in [3.63, 3.8) is 0 Å². The summed E-state index contributed by atoms with van der Waals surface area (Å²) in [6, 6.07) is 5.69. The van der Waals surface area contributed by atoms with Crippen LogP contribution in [0.3, 0.4) is 0 Å². The molecule has 0 saturated heterocycles. The molecule has 0 saturated carbocycles. The van der Waals surface area contributed by atoms with Gasteiger partial charge in [0.05, 0.1) is 12.7 Å². The van der Waals surface area contributed by atoms with Gasteiger partial charge in [-0.3, -0.25) is 0 Å². The summed E-state index contributed by atoms with van der Waals surface area (Å²) in [4.78, 5) is 23.5. The summed E-state index contributed by atoms with van der Waals surface area (Å²) in [5, 5.41) is 5.79. The number of carbonyl (C=O) groups is 1. The first kappa shape index (κ1) is 30.0. The maximum Gasteiger partial charge on any atom is 0.422 e. The van der Waals surface area contributed by atoms with Crippen molar-refractivity contribution in [3.8, 4) is 6.01 Å². The average Bonchev–Trinajstić information content (AvgIpc) is 2.87. The van der Waals surface area contributed by atoms with Crippen LogP contribution in [0.1, 0.15) is 36.0 Å². The first-order valence-electron chi connectivity index (χ1n) is 11.8. The number of hydrogen-bond acceptors (Lipinski definition) is 11. The van der Waals surface area contributed by atoms with Crippen LogP contribution in [0.15, 0.2) is 24.3 Å². The highest BCUT2D eigenvalue weighted by Gasteiger charge is 2.29. The molecular formula is C23H33F3N6O5. The average molecular weight is 531 g/mol. The number of hydrogen-bond donors (Lipinski definition) is 3. The number of carbonyl (C=O) groups excluding carboxylic acids is 1. The molecule has 0 atom stereocenters. The van der Waals surface area contributed by atoms with Gasteiger partial charge in [0.2, 0.25) is 11.9 Å². The number of esters is 1. The van der Waals surface area contributed by atoms with E-state index in [-0.39, 0.29) is 11.9 Å². The molecule has 1 aromatic heterocycles. The minimum Gasteiger partial charge on any atom is -0.465 e. The Morgan fingerprint density at radius 2 is 1.54 bits per heavy atom. The molecule has 2 rings (SSSR count). The van der Waals surface area contributed by atoms with E-state index in [1.54, 1.807) is 12.1 Å². The van der Waals surface area contributed by atoms with Gasteiger partial charge >= 0.3 is 18.2 Å². The van der Waals surface area contributed by atoms with Crippen molar-refractivity contribution in [2.24, 2.45) is 5.73 Å². The number of ether oxygens (including phenoxy) is 4. The standard InChI is InChI=1S/C23H33F3N6O5/c1-34-19(33)17-6-8-18(9-7-17)29-21-30-20(31-22(32-21)37-16-23(24,25)26)28-11-5-15-36-13-3-2-12-35-14-4-10-27/h6-9H,2-5,10-16,27H2,1H3,(H2,28,29,30,31,32). The second-order valence-electron chi connectivity index (χ2n) is 7.72. The zero-order valence-electron chi connectivity index (χ0n) is 20.7. The molecule has 0 unspecified atom stereocenters. The van der Waals surface area contributed by atoms with Gasteiger partial charge in [0.15, 0.2) is 6.61 Å². The van der Waals surface area contributed by atoms with Gasteiger partial charge in [0, 0.05) is 38.7 Å². The molecule has 0 fully saturated rings. The van der Waals surface area contributed by atoms with Gasteiger partial charge < -0.3 is 35.3 Å². The molecule has 14 heteroatoms. The van der Waals surface area contributed by atoms with E-state index in [1.165, 1.54) is 19.2 Å². The van der Waals surface area contributed by atoms with E-state index in [0.717, 1.165) is 19.3 Å². The molecule has 0 bridgehead atoms. The molecular weight excluding hydrogens is 497 g/mol. The number of rotatable bonds is 18. The number of benzene rings is 1. The lowest BCUT2D eigenvalue weighted by molar-refractivity contribution is -0.154. The molecule has 0 amide bonds. The maximum absolute atomic E-state index is 12.6. The third-order valence-electron chi connectivity index (χ3n) is 4.61. The molecule has 0 aliphatic carbocycles. The minimum absolute atomic E-state index is 0.0366. The number of halogens is 3. The maximum atomic E-state index is 12.6. The fourth-order valence-corrected chi connectivity index (χ4v) is 2.81. The van der Waals surface area contributed by atoms with Gasteiger partial charge in [-0.15, -0.1) is 0 Å². The molecule has 0 radical (unpaired) electrons. The van der Waals surface area contributed by atoms with E-state index in [4.69, 9.17) is 19.9 Å². The Morgan fingerprint density at radius 1 is 0.919 bits per heavy atom. The number of nitrogens with zero attached hydrogens (tertiary/aromatic N) is 3. The normalized spacial score (nSPS) is 11.3. The van der Waals surface area contributed by atoms with Crippen LogP contribution in [0.25, 0.3) is 0 Å². The minimum atomic E-state index is -4.55. The SMILES string of the molecule is COC(=O)c1ccc(Nc2nc(NCCCOCCCCOCCCN)nc(OCC(F)(F)F)n2)cc1. The fraction of sp³-hybridized carbons (Fsp3) is 0.565. The number of nitrogens with one attached hydrogen (secondary N) is 2. The van der Waals surface area contributed by atoms with E-state index in [0.29, 0.717) is 57.2 Å². The first-order chi connectivity index (χ1) is 17.8. The van der Waals surface area contributed by atoms with Gasteiger partial charge in [0.25, 0.3) is 0 Å². The lowest BCUT2D eigenvalue weighted by Gasteiger charge is -2.12. The predicted molar refractivity (Wildman–Crippen MR) is 130 cm³/mol. The van der Waals surface area contributed by atoms with E-state index in [9.17, 15) is 18.0 Å². The smallest absolute Gasteiger partial charge is 0.422 e. The number of alkyl halides is 3. The highest BCUT2D eigenvalue weighted by atomic mass is 19.4. The largest absolute Gasteiger partial charge is 0.465 e. The van der Waals surface area contributed by atoms with Crippen molar-refractivity contribution in [1.29, 1.82) is 0 Å². The summed E-state index contributed by atoms with van der Waals surface area (Å²) < 4.78 is 58.1. The Labute approximate surface area is 213 Å². The zero-order chi connectivity index (χ0) is 26.9. The second-order valence-corrected chi connectivity index (χ2v) is 7.72. The molecule has 0 spiro atoms. The number of unbranched alkanes of at least 4 members (excludes halogenated alkanes) is 1. The van der Waals surface area contributed by atoms with E-state index >= 15 is 0 Å². The van der Waals surface area contributed by atoms with Crippen LogP contribution in [-0.4, -0.2) is 80.3 Å². The van der Waals surface area contributed by atoms with Crippen molar-refractivity contribution in [3.05, 3.63) is 29.8 Å². The Hall–Kier alpha value is -3.23. The topological polar surface area (TPSA) is 143 Å². The molecule has 0 aliphatic heterocycles. The summed E-state index contributed by atoms with van der Waals surface area (Å²) in [5.41, 5.74) is 6.22.